The van der Waals surface area contributed by atoms with E-state index in [2.05, 4.69) is 4.57 Å². The van der Waals surface area contributed by atoms with Crippen LogP contribution in [-0.2, 0) is 16.1 Å². The van der Waals surface area contributed by atoms with Gasteiger partial charge in [0.15, 0.2) is 0 Å². The topological polar surface area (TPSA) is 106 Å². The van der Waals surface area contributed by atoms with Gasteiger partial charge in [0.1, 0.15) is 5.82 Å². The van der Waals surface area contributed by atoms with Crippen LogP contribution in [0.3, 0.4) is 0 Å². The van der Waals surface area contributed by atoms with Gasteiger partial charge in [0.05, 0.1) is 0 Å². The Balaban J connectivity index is 0.000000284. The molecule has 0 aliphatic heterocycles. The lowest BCUT2D eigenvalue weighted by atomic mass is 10.2. The molecule has 2 aromatic rings. The summed E-state index contributed by atoms with van der Waals surface area (Å²) in [5, 5.41) is 16.6. The molecule has 2 rings (SSSR count). The summed E-state index contributed by atoms with van der Waals surface area (Å²) >= 11 is 0. The van der Waals surface area contributed by atoms with Crippen LogP contribution < -0.4 is 5.73 Å². The summed E-state index contributed by atoms with van der Waals surface area (Å²) in [4.78, 5) is 19.1. The number of carboxylic acids is 2. The number of rotatable bonds is 4. The number of aromatic nitrogens is 1. The maximum Gasteiger partial charge on any atom is 0.328 e. The molecule has 0 spiro atoms. The van der Waals surface area contributed by atoms with E-state index in [-0.39, 0.29) is 11.9 Å². The van der Waals surface area contributed by atoms with Gasteiger partial charge in [-0.15, -0.1) is 0 Å². The van der Waals surface area contributed by atoms with E-state index in [0.717, 1.165) is 23.0 Å². The van der Waals surface area contributed by atoms with Gasteiger partial charge >= 0.3 is 11.9 Å². The fourth-order valence-electron chi connectivity index (χ4n) is 2.05. The third-order valence-electron chi connectivity index (χ3n) is 2.90. The number of benzene rings is 1. The molecule has 0 unspecified atom stereocenters. The van der Waals surface area contributed by atoms with Crippen molar-refractivity contribution < 1.29 is 24.2 Å². The summed E-state index contributed by atoms with van der Waals surface area (Å²) < 4.78 is 15.1. The molecule has 6 nitrogen and oxygen atoms in total. The number of hydrogen-bond donors (Lipinski definition) is 3. The first-order chi connectivity index (χ1) is 10.7. The van der Waals surface area contributed by atoms with Crippen LogP contribution in [0.2, 0.25) is 0 Å². The lowest BCUT2D eigenvalue weighted by molar-refractivity contribution is -0.134. The van der Waals surface area contributed by atoms with E-state index in [4.69, 9.17) is 15.9 Å². The highest BCUT2D eigenvalue weighted by molar-refractivity contribution is 5.89. The Kier molecular flexibility index (Phi) is 6.47. The van der Waals surface area contributed by atoms with E-state index in [1.165, 1.54) is 6.07 Å². The maximum atomic E-state index is 13.1. The Bertz CT molecular complexity index is 719. The van der Waals surface area contributed by atoms with Crippen LogP contribution in [0, 0.1) is 12.7 Å². The highest BCUT2D eigenvalue weighted by Gasteiger charge is 2.07. The zero-order valence-corrected chi connectivity index (χ0v) is 12.9. The number of halogens is 1. The number of aliphatic carboxylic acids is 2. The summed E-state index contributed by atoms with van der Waals surface area (Å²) in [7, 11) is 0. The van der Waals surface area contributed by atoms with Crippen molar-refractivity contribution in [3.63, 3.8) is 0 Å². The van der Waals surface area contributed by atoms with Crippen LogP contribution in [0.5, 0.6) is 0 Å². The van der Waals surface area contributed by atoms with E-state index in [0.29, 0.717) is 12.2 Å². The number of aryl methyl sites for hydroxylation is 1. The molecule has 23 heavy (non-hydrogen) atoms. The zero-order chi connectivity index (χ0) is 17.6. The Morgan fingerprint density at radius 1 is 1.30 bits per heavy atom. The molecule has 0 saturated heterocycles. The molecule has 4 N–H and O–H groups in total. The van der Waals surface area contributed by atoms with Gasteiger partial charge in [-0.2, -0.15) is 0 Å². The second kappa shape index (κ2) is 8.09. The molecule has 1 atom stereocenters. The summed E-state index contributed by atoms with van der Waals surface area (Å²) in [5.74, 6) is -2.70. The van der Waals surface area contributed by atoms with Gasteiger partial charge in [-0.1, -0.05) is 0 Å². The summed E-state index contributed by atoms with van der Waals surface area (Å²) in [6.45, 7) is 4.71. The van der Waals surface area contributed by atoms with Crippen molar-refractivity contribution in [2.24, 2.45) is 5.73 Å². The van der Waals surface area contributed by atoms with E-state index < -0.39 is 11.9 Å². The average Bonchev–Trinajstić information content (AvgIpc) is 2.72. The number of nitrogens with two attached hydrogens (primary N) is 1. The zero-order valence-electron chi connectivity index (χ0n) is 12.9. The molecule has 124 valence electrons. The Morgan fingerprint density at radius 2 is 1.87 bits per heavy atom. The quantitative estimate of drug-likeness (QED) is 0.748. The molecule has 0 radical (unpaired) electrons. The van der Waals surface area contributed by atoms with Crippen molar-refractivity contribution in [2.75, 3.05) is 0 Å². The van der Waals surface area contributed by atoms with Gasteiger partial charge in [0, 0.05) is 41.8 Å². The molecule has 0 amide bonds. The molecule has 0 saturated carbocycles. The number of carboxylic acid groups (broad SMARTS) is 2. The molecule has 7 heteroatoms. The molecule has 1 aromatic carbocycles. The van der Waals surface area contributed by atoms with Crippen molar-refractivity contribution in [1.29, 1.82) is 0 Å². The van der Waals surface area contributed by atoms with Crippen LogP contribution in [0.4, 0.5) is 4.39 Å². The third-order valence-corrected chi connectivity index (χ3v) is 2.90. The van der Waals surface area contributed by atoms with Crippen molar-refractivity contribution >= 4 is 22.8 Å². The molecule has 0 aliphatic carbocycles. The van der Waals surface area contributed by atoms with Crippen LogP contribution in [0.15, 0.2) is 36.5 Å². The molecule has 0 aliphatic rings. The van der Waals surface area contributed by atoms with E-state index in [9.17, 15) is 14.0 Å². The van der Waals surface area contributed by atoms with Crippen LogP contribution in [-0.4, -0.2) is 32.8 Å². The highest BCUT2D eigenvalue weighted by Crippen LogP contribution is 2.21. The predicted molar refractivity (Wildman–Crippen MR) is 84.7 cm³/mol. The fourth-order valence-corrected chi connectivity index (χ4v) is 2.05. The largest absolute Gasteiger partial charge is 0.478 e. The number of carbonyl (C=O) groups is 2. The van der Waals surface area contributed by atoms with Crippen LogP contribution >= 0.6 is 0 Å². The third kappa shape index (κ3) is 5.91. The average molecular weight is 322 g/mol. The molecular weight excluding hydrogens is 303 g/mol. The second-order valence-corrected chi connectivity index (χ2v) is 5.11. The second-order valence-electron chi connectivity index (χ2n) is 5.11. The minimum Gasteiger partial charge on any atom is -0.478 e. The molecule has 1 heterocycles. The minimum absolute atomic E-state index is 0.102. The summed E-state index contributed by atoms with van der Waals surface area (Å²) in [6.07, 6.45) is 3.14. The van der Waals surface area contributed by atoms with Gasteiger partial charge in [0.2, 0.25) is 0 Å². The lowest BCUT2D eigenvalue weighted by Gasteiger charge is -2.07. The van der Waals surface area contributed by atoms with Gasteiger partial charge in [0.25, 0.3) is 0 Å². The van der Waals surface area contributed by atoms with Crippen LogP contribution in [0.25, 0.3) is 10.9 Å². The highest BCUT2D eigenvalue weighted by atomic mass is 19.1. The van der Waals surface area contributed by atoms with Gasteiger partial charge in [-0.3, -0.25) is 0 Å². The smallest absolute Gasteiger partial charge is 0.328 e. The number of fused-ring (bicyclic) bond motifs is 1. The van der Waals surface area contributed by atoms with Crippen molar-refractivity contribution in [2.45, 2.75) is 26.4 Å². The molecule has 1 aromatic heterocycles. The summed E-state index contributed by atoms with van der Waals surface area (Å²) in [6, 6.07) is 4.96. The maximum absolute atomic E-state index is 13.1. The fraction of sp³-hybridized carbons (Fsp3) is 0.250. The monoisotopic (exact) mass is 322 g/mol. The number of nitrogens with zero attached hydrogens (tertiary/aromatic N) is 1. The SMILES string of the molecule is Cc1cn(C[C@H](C)N)c2ccc(F)cc12.O=C(O)/C=C/C(=O)O. The standard InChI is InChI=1S/C12H15FN2.C4H4O4/c1-8-6-15(7-9(2)14)12-4-3-10(13)5-11(8)12;5-3(6)1-2-4(7)8/h3-6,9H,7,14H2,1-2H3;1-2H,(H,5,6)(H,7,8)/b;2-1+/t9-;/m0./s1. The van der Waals surface area contributed by atoms with Gasteiger partial charge in [-0.05, 0) is 37.6 Å². The van der Waals surface area contributed by atoms with Crippen molar-refractivity contribution in [3.8, 4) is 0 Å². The Morgan fingerprint density at radius 3 is 2.35 bits per heavy atom. The molecular formula is C16H19FN2O4. The minimum atomic E-state index is -1.26. The molecule has 0 bridgehead atoms. The van der Waals surface area contributed by atoms with Crippen LogP contribution in [0.1, 0.15) is 12.5 Å². The van der Waals surface area contributed by atoms with E-state index in [1.807, 2.05) is 20.0 Å². The first-order valence-corrected chi connectivity index (χ1v) is 6.85. The lowest BCUT2D eigenvalue weighted by Crippen LogP contribution is -2.21. The normalized spacial score (nSPS) is 12.0. The first-order valence-electron chi connectivity index (χ1n) is 6.85. The number of hydrogen-bond acceptors (Lipinski definition) is 3. The Labute approximate surface area is 132 Å². The van der Waals surface area contributed by atoms with Gasteiger partial charge in [-0.25, -0.2) is 14.0 Å². The first kappa shape index (κ1) is 18.4. The van der Waals surface area contributed by atoms with Crippen molar-refractivity contribution in [3.05, 3.63) is 47.9 Å². The Hall–Kier alpha value is -2.67. The van der Waals surface area contributed by atoms with Gasteiger partial charge < -0.3 is 20.5 Å². The van der Waals surface area contributed by atoms with E-state index in [1.54, 1.807) is 12.1 Å². The summed E-state index contributed by atoms with van der Waals surface area (Å²) in [5.41, 5.74) is 7.90. The molecule has 0 fully saturated rings. The van der Waals surface area contributed by atoms with E-state index >= 15 is 0 Å². The van der Waals surface area contributed by atoms with Crippen molar-refractivity contribution in [1.82, 2.24) is 4.57 Å². The predicted octanol–water partition coefficient (Wildman–Crippen LogP) is 2.15.